The number of thiophene rings is 1. The Morgan fingerprint density at radius 1 is 1.18 bits per heavy atom. The molecule has 1 aliphatic rings. The zero-order valence-corrected chi connectivity index (χ0v) is 21.0. The minimum absolute atomic E-state index is 0.0394. The summed E-state index contributed by atoms with van der Waals surface area (Å²) >= 11 is 2.94. The van der Waals surface area contributed by atoms with E-state index in [2.05, 4.69) is 19.2 Å². The number of aromatic nitrogens is 2. The van der Waals surface area contributed by atoms with E-state index >= 15 is 0 Å². The lowest BCUT2D eigenvalue weighted by atomic mass is 9.89. The third-order valence-electron chi connectivity index (χ3n) is 6.32. The quantitative estimate of drug-likeness (QED) is 0.272. The van der Waals surface area contributed by atoms with Gasteiger partial charge in [0.15, 0.2) is 5.16 Å². The first kappa shape index (κ1) is 22.9. The fraction of sp³-hybridized carbons (Fsp3) is 0.296. The lowest BCUT2D eigenvalue weighted by Gasteiger charge is -2.18. The van der Waals surface area contributed by atoms with E-state index in [1.54, 1.807) is 15.9 Å². The van der Waals surface area contributed by atoms with Crippen LogP contribution < -0.4 is 10.9 Å². The molecule has 0 aliphatic heterocycles. The molecule has 0 saturated heterocycles. The van der Waals surface area contributed by atoms with Crippen molar-refractivity contribution in [2.75, 3.05) is 11.1 Å². The third kappa shape index (κ3) is 4.42. The number of thioether (sulfide) groups is 1. The van der Waals surface area contributed by atoms with Gasteiger partial charge in [-0.15, -0.1) is 11.3 Å². The van der Waals surface area contributed by atoms with Crippen LogP contribution in [0.5, 0.6) is 0 Å². The van der Waals surface area contributed by atoms with Crippen molar-refractivity contribution in [1.29, 1.82) is 0 Å². The van der Waals surface area contributed by atoms with Crippen LogP contribution in [0.3, 0.4) is 0 Å². The first-order valence-corrected chi connectivity index (χ1v) is 13.5. The molecule has 1 aliphatic carbocycles. The molecular formula is C27H27N3O2S2. The number of rotatable bonds is 6. The van der Waals surface area contributed by atoms with E-state index in [0.717, 1.165) is 52.8 Å². The first-order chi connectivity index (χ1) is 16.5. The molecule has 1 amide bonds. The van der Waals surface area contributed by atoms with Crippen LogP contribution in [0.4, 0.5) is 5.69 Å². The predicted molar refractivity (Wildman–Crippen MR) is 142 cm³/mol. The Kier molecular flexibility index (Phi) is 6.57. The molecular weight excluding hydrogens is 462 g/mol. The maximum absolute atomic E-state index is 13.8. The molecule has 0 saturated carbocycles. The minimum atomic E-state index is -0.112. The number of hydrogen-bond acceptors (Lipinski definition) is 5. The molecule has 0 radical (unpaired) electrons. The van der Waals surface area contributed by atoms with E-state index in [1.807, 2.05) is 54.6 Å². The summed E-state index contributed by atoms with van der Waals surface area (Å²) in [5, 5.41) is 4.32. The average molecular weight is 490 g/mol. The number of nitrogens with zero attached hydrogens (tertiary/aromatic N) is 2. The highest BCUT2D eigenvalue weighted by molar-refractivity contribution is 7.99. The molecule has 0 fully saturated rings. The van der Waals surface area contributed by atoms with Gasteiger partial charge in [-0.25, -0.2) is 4.98 Å². The summed E-state index contributed by atoms with van der Waals surface area (Å²) in [6.07, 6.45) is 3.87. The summed E-state index contributed by atoms with van der Waals surface area (Å²) in [6.45, 7) is 4.33. The van der Waals surface area contributed by atoms with E-state index in [1.165, 1.54) is 22.2 Å². The molecule has 0 spiro atoms. The minimum Gasteiger partial charge on any atom is -0.325 e. The van der Waals surface area contributed by atoms with Crippen molar-refractivity contribution in [1.82, 2.24) is 9.55 Å². The number of anilines is 1. The van der Waals surface area contributed by atoms with Gasteiger partial charge in [-0.3, -0.25) is 14.2 Å². The molecule has 34 heavy (non-hydrogen) atoms. The highest BCUT2D eigenvalue weighted by Crippen LogP contribution is 2.37. The molecule has 2 heterocycles. The molecule has 174 valence electrons. The van der Waals surface area contributed by atoms with Gasteiger partial charge < -0.3 is 5.32 Å². The van der Waals surface area contributed by atoms with Crippen LogP contribution in [-0.2, 0) is 24.1 Å². The van der Waals surface area contributed by atoms with Gasteiger partial charge in [-0.2, -0.15) is 0 Å². The van der Waals surface area contributed by atoms with Gasteiger partial charge in [0, 0.05) is 10.6 Å². The number of nitrogens with one attached hydrogen (secondary N) is 1. The van der Waals surface area contributed by atoms with E-state index in [-0.39, 0.29) is 17.2 Å². The first-order valence-electron chi connectivity index (χ1n) is 11.7. The number of para-hydroxylation sites is 2. The Morgan fingerprint density at radius 3 is 2.74 bits per heavy atom. The average Bonchev–Trinajstić information content (AvgIpc) is 3.21. The lowest BCUT2D eigenvalue weighted by molar-refractivity contribution is -0.113. The Labute approximate surface area is 207 Å². The zero-order chi connectivity index (χ0) is 23.7. The van der Waals surface area contributed by atoms with Crippen LogP contribution in [-0.4, -0.2) is 21.2 Å². The van der Waals surface area contributed by atoms with Gasteiger partial charge in [0.1, 0.15) is 4.83 Å². The van der Waals surface area contributed by atoms with Crippen molar-refractivity contribution in [3.05, 3.63) is 81.0 Å². The van der Waals surface area contributed by atoms with Crippen molar-refractivity contribution in [2.24, 2.45) is 5.92 Å². The van der Waals surface area contributed by atoms with Crippen molar-refractivity contribution < 1.29 is 4.79 Å². The standard InChI is InChI=1S/C27H27N3O2S2/c1-3-18-9-7-8-12-21(18)28-23(31)16-33-27-29-25-24(20-14-13-17(2)15-22(20)34-25)26(32)30(27)19-10-5-4-6-11-19/h4-12,17H,3,13-16H2,1-2H3,(H,28,31). The fourth-order valence-electron chi connectivity index (χ4n) is 4.54. The van der Waals surface area contributed by atoms with Gasteiger partial charge in [0.2, 0.25) is 5.91 Å². The Bertz CT molecular complexity index is 1410. The normalized spacial score (nSPS) is 15.3. The third-order valence-corrected chi connectivity index (χ3v) is 8.40. The summed E-state index contributed by atoms with van der Waals surface area (Å²) in [6, 6.07) is 17.4. The highest BCUT2D eigenvalue weighted by atomic mass is 32.2. The Hall–Kier alpha value is -2.90. The maximum atomic E-state index is 13.8. The second-order valence-corrected chi connectivity index (χ2v) is 10.8. The summed E-state index contributed by atoms with van der Waals surface area (Å²) in [5.41, 5.74) is 3.83. The van der Waals surface area contributed by atoms with Crippen LogP contribution in [0, 0.1) is 5.92 Å². The molecule has 1 atom stereocenters. The van der Waals surface area contributed by atoms with Gasteiger partial charge in [0.25, 0.3) is 5.56 Å². The highest BCUT2D eigenvalue weighted by Gasteiger charge is 2.25. The van der Waals surface area contributed by atoms with Crippen molar-refractivity contribution in [3.63, 3.8) is 0 Å². The van der Waals surface area contributed by atoms with Crippen molar-refractivity contribution in [2.45, 2.75) is 44.7 Å². The second-order valence-electron chi connectivity index (χ2n) is 8.75. The molecule has 5 nitrogen and oxygen atoms in total. The monoisotopic (exact) mass is 489 g/mol. The molecule has 2 aromatic carbocycles. The van der Waals surface area contributed by atoms with Crippen molar-refractivity contribution in [3.8, 4) is 5.69 Å². The molecule has 7 heteroatoms. The second kappa shape index (κ2) is 9.76. The summed E-state index contributed by atoms with van der Waals surface area (Å²) in [4.78, 5) is 33.6. The number of fused-ring (bicyclic) bond motifs is 3. The summed E-state index contributed by atoms with van der Waals surface area (Å²) in [5.74, 6) is 0.685. The van der Waals surface area contributed by atoms with Crippen LogP contribution >= 0.6 is 23.1 Å². The Morgan fingerprint density at radius 2 is 1.94 bits per heavy atom. The van der Waals surface area contributed by atoms with Crippen LogP contribution in [0.2, 0.25) is 0 Å². The molecule has 1 unspecified atom stereocenters. The maximum Gasteiger partial charge on any atom is 0.267 e. The van der Waals surface area contributed by atoms with Crippen molar-refractivity contribution >= 4 is 44.9 Å². The lowest BCUT2D eigenvalue weighted by Crippen LogP contribution is -2.23. The SMILES string of the molecule is CCc1ccccc1NC(=O)CSc1nc2sc3c(c2c(=O)n1-c1ccccc1)CCC(C)C3. The van der Waals surface area contributed by atoms with E-state index < -0.39 is 0 Å². The molecule has 2 aromatic heterocycles. The van der Waals surface area contributed by atoms with Gasteiger partial charge in [-0.05, 0) is 60.9 Å². The number of carbonyl (C=O) groups excluding carboxylic acids is 1. The van der Waals surface area contributed by atoms with Crippen LogP contribution in [0.25, 0.3) is 15.9 Å². The van der Waals surface area contributed by atoms with Crippen LogP contribution in [0.15, 0.2) is 64.5 Å². The molecule has 5 rings (SSSR count). The number of hydrogen-bond donors (Lipinski definition) is 1. The van der Waals surface area contributed by atoms with Gasteiger partial charge in [0.05, 0.1) is 16.8 Å². The van der Waals surface area contributed by atoms with E-state index in [4.69, 9.17) is 4.98 Å². The molecule has 1 N–H and O–H groups in total. The topological polar surface area (TPSA) is 64.0 Å². The Balaban J connectivity index is 1.51. The summed E-state index contributed by atoms with van der Waals surface area (Å²) in [7, 11) is 0. The fourth-order valence-corrected chi connectivity index (χ4v) is 6.78. The molecule has 4 aromatic rings. The largest absolute Gasteiger partial charge is 0.325 e. The summed E-state index contributed by atoms with van der Waals surface area (Å²) < 4.78 is 1.67. The van der Waals surface area contributed by atoms with E-state index in [0.29, 0.717) is 11.1 Å². The van der Waals surface area contributed by atoms with Gasteiger partial charge in [-0.1, -0.05) is 62.0 Å². The zero-order valence-electron chi connectivity index (χ0n) is 19.3. The van der Waals surface area contributed by atoms with Gasteiger partial charge >= 0.3 is 0 Å². The smallest absolute Gasteiger partial charge is 0.267 e. The number of carbonyl (C=O) groups is 1. The number of aryl methyl sites for hydroxylation is 2. The van der Waals surface area contributed by atoms with E-state index in [9.17, 15) is 9.59 Å². The predicted octanol–water partition coefficient (Wildman–Crippen LogP) is 5.87. The number of benzene rings is 2. The number of amides is 1. The molecule has 0 bridgehead atoms. The van der Waals surface area contributed by atoms with Crippen LogP contribution in [0.1, 0.15) is 36.3 Å².